The molecule has 0 aromatic heterocycles. The van der Waals surface area contributed by atoms with E-state index in [1.54, 1.807) is 0 Å². The summed E-state index contributed by atoms with van der Waals surface area (Å²) < 4.78 is 0. The largest absolute Gasteiger partial charge is 0.357 e. The molecule has 0 radical (unpaired) electrons. The third-order valence-electron chi connectivity index (χ3n) is 1.97. The van der Waals surface area contributed by atoms with Crippen LogP contribution in [0.2, 0.25) is 0 Å². The summed E-state index contributed by atoms with van der Waals surface area (Å²) in [5.74, 6) is 0.893. The highest BCUT2D eigenvalue weighted by molar-refractivity contribution is 5.80. The van der Waals surface area contributed by atoms with E-state index in [9.17, 15) is 4.79 Å². The normalized spacial score (nSPS) is 11.8. The molecule has 17 heavy (non-hydrogen) atoms. The van der Waals surface area contributed by atoms with Crippen molar-refractivity contribution in [3.63, 3.8) is 0 Å². The van der Waals surface area contributed by atoms with E-state index in [4.69, 9.17) is 0 Å². The van der Waals surface area contributed by atoms with Crippen molar-refractivity contribution in [1.82, 2.24) is 16.0 Å². The van der Waals surface area contributed by atoms with E-state index in [0.29, 0.717) is 19.1 Å². The van der Waals surface area contributed by atoms with Crippen LogP contribution >= 0.6 is 0 Å². The highest BCUT2D eigenvalue weighted by atomic mass is 16.1. The molecule has 5 heteroatoms. The van der Waals surface area contributed by atoms with Crippen LogP contribution in [0.15, 0.2) is 4.99 Å². The fourth-order valence-electron chi connectivity index (χ4n) is 1.14. The van der Waals surface area contributed by atoms with Gasteiger partial charge in [0.2, 0.25) is 5.91 Å². The van der Waals surface area contributed by atoms with Gasteiger partial charge in [-0.1, -0.05) is 13.8 Å². The summed E-state index contributed by atoms with van der Waals surface area (Å²) in [6.07, 6.45) is 0. The van der Waals surface area contributed by atoms with Crippen LogP contribution in [-0.4, -0.2) is 37.5 Å². The number of guanidine groups is 1. The molecule has 0 aliphatic carbocycles. The Hall–Kier alpha value is -1.26. The molecule has 0 aromatic carbocycles. The molecule has 0 aliphatic rings. The zero-order valence-electron chi connectivity index (χ0n) is 11.6. The molecule has 3 N–H and O–H groups in total. The van der Waals surface area contributed by atoms with Gasteiger partial charge in [0.05, 0.1) is 6.54 Å². The third-order valence-corrected chi connectivity index (χ3v) is 1.97. The monoisotopic (exact) mass is 242 g/mol. The zero-order chi connectivity index (χ0) is 13.3. The minimum atomic E-state index is 0.0287. The smallest absolute Gasteiger partial charge is 0.222 e. The third kappa shape index (κ3) is 8.54. The Balaban J connectivity index is 3.95. The number of rotatable bonds is 6. The number of aliphatic imine (C=N–C) groups is 1. The standard InChI is InChI=1S/C12H26N4O/c1-6-13-12(16-10(4)5)15-8-7-14-11(17)9(2)3/h9-10H,6-8H2,1-5H3,(H,14,17)(H2,13,15,16). The van der Waals surface area contributed by atoms with E-state index < -0.39 is 0 Å². The topological polar surface area (TPSA) is 65.5 Å². The Morgan fingerprint density at radius 1 is 1.18 bits per heavy atom. The Morgan fingerprint density at radius 3 is 2.29 bits per heavy atom. The molecule has 0 aliphatic heterocycles. The van der Waals surface area contributed by atoms with Crippen LogP contribution in [0.4, 0.5) is 0 Å². The highest BCUT2D eigenvalue weighted by Gasteiger charge is 2.04. The number of hydrogen-bond donors (Lipinski definition) is 3. The lowest BCUT2D eigenvalue weighted by molar-refractivity contribution is -0.123. The summed E-state index contributed by atoms with van der Waals surface area (Å²) in [5, 5.41) is 9.20. The zero-order valence-corrected chi connectivity index (χ0v) is 11.6. The van der Waals surface area contributed by atoms with Crippen molar-refractivity contribution in [1.29, 1.82) is 0 Å². The molecule has 0 fully saturated rings. The highest BCUT2D eigenvalue weighted by Crippen LogP contribution is 1.89. The van der Waals surface area contributed by atoms with Gasteiger partial charge < -0.3 is 16.0 Å². The summed E-state index contributed by atoms with van der Waals surface area (Å²) in [4.78, 5) is 15.7. The quantitative estimate of drug-likeness (QED) is 0.365. The van der Waals surface area contributed by atoms with Crippen molar-refractivity contribution in [2.24, 2.45) is 10.9 Å². The lowest BCUT2D eigenvalue weighted by Crippen LogP contribution is -2.41. The molecule has 5 nitrogen and oxygen atoms in total. The van der Waals surface area contributed by atoms with Crippen LogP contribution in [-0.2, 0) is 4.79 Å². The second-order valence-corrected chi connectivity index (χ2v) is 4.51. The lowest BCUT2D eigenvalue weighted by atomic mass is 10.2. The molecule has 0 unspecified atom stereocenters. The number of nitrogens with zero attached hydrogens (tertiary/aromatic N) is 1. The van der Waals surface area contributed by atoms with E-state index in [1.807, 2.05) is 20.8 Å². The fraction of sp³-hybridized carbons (Fsp3) is 0.833. The number of carbonyl (C=O) groups excluding carboxylic acids is 1. The van der Waals surface area contributed by atoms with Crippen molar-refractivity contribution in [3.8, 4) is 0 Å². The van der Waals surface area contributed by atoms with Crippen molar-refractivity contribution >= 4 is 11.9 Å². The van der Waals surface area contributed by atoms with Crippen LogP contribution in [0, 0.1) is 5.92 Å². The minimum absolute atomic E-state index is 0.0287. The van der Waals surface area contributed by atoms with E-state index in [0.717, 1.165) is 12.5 Å². The first-order valence-electron chi connectivity index (χ1n) is 6.29. The molecule has 0 saturated carbocycles. The first-order chi connectivity index (χ1) is 7.97. The van der Waals surface area contributed by atoms with Crippen molar-refractivity contribution in [2.75, 3.05) is 19.6 Å². The maximum absolute atomic E-state index is 11.3. The molecule has 1 amide bonds. The molecule has 0 bridgehead atoms. The number of carbonyl (C=O) groups is 1. The summed E-state index contributed by atoms with van der Waals surface area (Å²) >= 11 is 0. The van der Waals surface area contributed by atoms with Crippen LogP contribution in [0.1, 0.15) is 34.6 Å². The Morgan fingerprint density at radius 2 is 1.82 bits per heavy atom. The summed E-state index contributed by atoms with van der Waals surface area (Å²) in [6.45, 7) is 11.9. The van der Waals surface area contributed by atoms with Crippen LogP contribution < -0.4 is 16.0 Å². The molecular formula is C12H26N4O. The van der Waals surface area contributed by atoms with Gasteiger partial charge in [0.15, 0.2) is 5.96 Å². The SMILES string of the molecule is CCNC(=NCCNC(=O)C(C)C)NC(C)C. The van der Waals surface area contributed by atoms with Crippen LogP contribution in [0.5, 0.6) is 0 Å². The molecule has 0 heterocycles. The first-order valence-corrected chi connectivity index (χ1v) is 6.29. The Labute approximate surface area is 104 Å². The summed E-state index contributed by atoms with van der Waals surface area (Å²) in [7, 11) is 0. The average Bonchev–Trinajstić information content (AvgIpc) is 2.23. The predicted molar refractivity (Wildman–Crippen MR) is 72.1 cm³/mol. The Bertz CT molecular complexity index is 249. The van der Waals surface area contributed by atoms with Gasteiger partial charge in [0.25, 0.3) is 0 Å². The number of nitrogens with one attached hydrogen (secondary N) is 3. The molecule has 0 saturated heterocycles. The predicted octanol–water partition coefficient (Wildman–Crippen LogP) is 0.722. The van der Waals surface area contributed by atoms with Gasteiger partial charge in [0.1, 0.15) is 0 Å². The molecule has 0 rings (SSSR count). The van der Waals surface area contributed by atoms with E-state index in [2.05, 4.69) is 34.8 Å². The van der Waals surface area contributed by atoms with Gasteiger partial charge in [-0.15, -0.1) is 0 Å². The van der Waals surface area contributed by atoms with Crippen molar-refractivity contribution in [2.45, 2.75) is 40.7 Å². The Kier molecular flexibility index (Phi) is 8.19. The van der Waals surface area contributed by atoms with Crippen molar-refractivity contribution < 1.29 is 4.79 Å². The molecule has 100 valence electrons. The number of amides is 1. The molecule has 0 spiro atoms. The van der Waals surface area contributed by atoms with Gasteiger partial charge in [-0.2, -0.15) is 0 Å². The number of hydrogen-bond acceptors (Lipinski definition) is 2. The van der Waals surface area contributed by atoms with Gasteiger partial charge in [-0.25, -0.2) is 0 Å². The molecule has 0 atom stereocenters. The second kappa shape index (κ2) is 8.84. The van der Waals surface area contributed by atoms with E-state index in [-0.39, 0.29) is 11.8 Å². The van der Waals surface area contributed by atoms with Gasteiger partial charge in [0, 0.05) is 25.0 Å². The summed E-state index contributed by atoms with van der Waals surface area (Å²) in [5.41, 5.74) is 0. The van der Waals surface area contributed by atoms with Crippen LogP contribution in [0.3, 0.4) is 0 Å². The average molecular weight is 242 g/mol. The van der Waals surface area contributed by atoms with Gasteiger partial charge in [-0.3, -0.25) is 9.79 Å². The van der Waals surface area contributed by atoms with Crippen LogP contribution in [0.25, 0.3) is 0 Å². The maximum atomic E-state index is 11.3. The molecular weight excluding hydrogens is 216 g/mol. The van der Waals surface area contributed by atoms with Crippen molar-refractivity contribution in [3.05, 3.63) is 0 Å². The lowest BCUT2D eigenvalue weighted by Gasteiger charge is -2.14. The van der Waals surface area contributed by atoms with Gasteiger partial charge in [-0.05, 0) is 20.8 Å². The minimum Gasteiger partial charge on any atom is -0.357 e. The fourth-order valence-corrected chi connectivity index (χ4v) is 1.14. The maximum Gasteiger partial charge on any atom is 0.222 e. The summed E-state index contributed by atoms with van der Waals surface area (Å²) in [6, 6.07) is 0.345. The van der Waals surface area contributed by atoms with E-state index >= 15 is 0 Å². The first kappa shape index (κ1) is 15.7. The van der Waals surface area contributed by atoms with E-state index in [1.165, 1.54) is 0 Å². The van der Waals surface area contributed by atoms with Gasteiger partial charge >= 0.3 is 0 Å². The second-order valence-electron chi connectivity index (χ2n) is 4.51. The molecule has 0 aromatic rings.